The Morgan fingerprint density at radius 1 is 1.31 bits per heavy atom. The monoisotopic (exact) mass is 230 g/mol. The summed E-state index contributed by atoms with van der Waals surface area (Å²) in [5.74, 6) is -4.69. The molecule has 4 heteroatoms. The number of alkyl halides is 3. The lowest BCUT2D eigenvalue weighted by atomic mass is 9.94. The summed E-state index contributed by atoms with van der Waals surface area (Å²) in [4.78, 5) is 11.0. The fourth-order valence-corrected chi connectivity index (χ4v) is 1.37. The van der Waals surface area contributed by atoms with Gasteiger partial charge in [-0.1, -0.05) is 31.2 Å². The third kappa shape index (κ3) is 2.62. The molecule has 0 amide bonds. The van der Waals surface area contributed by atoms with Gasteiger partial charge < -0.3 is 0 Å². The van der Waals surface area contributed by atoms with E-state index in [0.29, 0.717) is 11.1 Å². The minimum absolute atomic E-state index is 0.128. The van der Waals surface area contributed by atoms with Crippen LogP contribution in [0.1, 0.15) is 35.7 Å². The van der Waals surface area contributed by atoms with Crippen LogP contribution in [0.5, 0.6) is 0 Å². The minimum Gasteiger partial charge on any atom is -0.295 e. The number of carbonyl (C=O) groups excluding carboxylic acids is 1. The number of hydrogen-bond acceptors (Lipinski definition) is 1. The van der Waals surface area contributed by atoms with Crippen molar-refractivity contribution in [3.05, 3.63) is 35.4 Å². The van der Waals surface area contributed by atoms with Gasteiger partial charge in [-0.15, -0.1) is 0 Å². The molecule has 0 fully saturated rings. The van der Waals surface area contributed by atoms with E-state index in [1.807, 2.05) is 0 Å². The third-order valence-electron chi connectivity index (χ3n) is 2.63. The second kappa shape index (κ2) is 4.68. The normalized spacial score (nSPS) is 13.6. The molecule has 0 radical (unpaired) electrons. The molecule has 1 aromatic carbocycles. The zero-order chi connectivity index (χ0) is 12.3. The molecule has 0 spiro atoms. The Morgan fingerprint density at radius 3 is 2.19 bits per heavy atom. The number of halogens is 3. The van der Waals surface area contributed by atoms with E-state index in [1.165, 1.54) is 38.1 Å². The molecular weight excluding hydrogens is 217 g/mol. The Hall–Kier alpha value is -1.32. The van der Waals surface area contributed by atoms with Gasteiger partial charge in [0, 0.05) is 11.5 Å². The molecule has 1 unspecified atom stereocenters. The summed E-state index contributed by atoms with van der Waals surface area (Å²) in [6.45, 7) is 0.986. The van der Waals surface area contributed by atoms with Gasteiger partial charge in [-0.25, -0.2) is 13.2 Å². The highest BCUT2D eigenvalue weighted by molar-refractivity contribution is 5.94. The minimum atomic E-state index is -3.36. The number of benzene rings is 1. The molecule has 0 aliphatic heterocycles. The van der Waals surface area contributed by atoms with E-state index < -0.39 is 18.5 Å². The molecule has 0 aliphatic rings. The second-order valence-corrected chi connectivity index (χ2v) is 3.79. The average molecular weight is 230 g/mol. The standard InChI is InChI=1S/C12H13F3O/c1-8(12(14,15)7-13)10-3-5-11(6-4-10)9(2)16/h3-6,8H,7H2,1-2H3. The molecule has 0 heterocycles. The summed E-state index contributed by atoms with van der Waals surface area (Å²) in [5, 5.41) is 0. The molecular formula is C12H13F3O. The van der Waals surface area contributed by atoms with E-state index in [4.69, 9.17) is 0 Å². The van der Waals surface area contributed by atoms with Crippen LogP contribution in [0.15, 0.2) is 24.3 Å². The van der Waals surface area contributed by atoms with Crippen LogP contribution in [0.4, 0.5) is 13.2 Å². The van der Waals surface area contributed by atoms with E-state index in [1.54, 1.807) is 0 Å². The second-order valence-electron chi connectivity index (χ2n) is 3.79. The summed E-state index contributed by atoms with van der Waals surface area (Å²) in [5.41, 5.74) is 0.784. The number of ketones is 1. The van der Waals surface area contributed by atoms with Crippen molar-refractivity contribution in [2.75, 3.05) is 6.67 Å². The largest absolute Gasteiger partial charge is 0.295 e. The molecule has 16 heavy (non-hydrogen) atoms. The number of Topliss-reactive ketones (excluding diaryl/α,β-unsaturated/α-hetero) is 1. The predicted molar refractivity (Wildman–Crippen MR) is 55.8 cm³/mol. The highest BCUT2D eigenvalue weighted by Gasteiger charge is 2.37. The maximum atomic E-state index is 13.0. The molecule has 0 saturated heterocycles. The predicted octanol–water partition coefficient (Wildman–Crippen LogP) is 3.60. The van der Waals surface area contributed by atoms with Gasteiger partial charge in [0.25, 0.3) is 5.92 Å². The first kappa shape index (κ1) is 12.7. The van der Waals surface area contributed by atoms with Crippen molar-refractivity contribution in [3.8, 4) is 0 Å². The summed E-state index contributed by atoms with van der Waals surface area (Å²) in [6, 6.07) is 5.82. The Balaban J connectivity index is 2.94. The van der Waals surface area contributed by atoms with Crippen molar-refractivity contribution < 1.29 is 18.0 Å². The van der Waals surface area contributed by atoms with E-state index >= 15 is 0 Å². The first-order valence-electron chi connectivity index (χ1n) is 4.93. The zero-order valence-corrected chi connectivity index (χ0v) is 9.14. The van der Waals surface area contributed by atoms with Crippen LogP contribution in [0.2, 0.25) is 0 Å². The Labute approximate surface area is 92.3 Å². The molecule has 0 aliphatic carbocycles. The topological polar surface area (TPSA) is 17.1 Å². The van der Waals surface area contributed by atoms with Crippen LogP contribution in [-0.2, 0) is 0 Å². The first-order valence-corrected chi connectivity index (χ1v) is 4.93. The van der Waals surface area contributed by atoms with Crippen molar-refractivity contribution in [1.82, 2.24) is 0 Å². The Kier molecular flexibility index (Phi) is 3.73. The summed E-state index contributed by atoms with van der Waals surface area (Å²) in [7, 11) is 0. The van der Waals surface area contributed by atoms with Crippen molar-refractivity contribution in [3.63, 3.8) is 0 Å². The van der Waals surface area contributed by atoms with E-state index in [2.05, 4.69) is 0 Å². The van der Waals surface area contributed by atoms with Crippen LogP contribution < -0.4 is 0 Å². The number of carbonyl (C=O) groups is 1. The van der Waals surface area contributed by atoms with Crippen molar-refractivity contribution in [2.45, 2.75) is 25.7 Å². The maximum Gasteiger partial charge on any atom is 0.282 e. The number of rotatable bonds is 4. The van der Waals surface area contributed by atoms with Crippen LogP contribution >= 0.6 is 0 Å². The molecule has 88 valence electrons. The molecule has 1 rings (SSSR count). The number of hydrogen-bond donors (Lipinski definition) is 0. The van der Waals surface area contributed by atoms with Crippen LogP contribution in [-0.4, -0.2) is 18.4 Å². The lowest BCUT2D eigenvalue weighted by molar-refractivity contribution is -0.0433. The van der Waals surface area contributed by atoms with Gasteiger partial charge in [-0.3, -0.25) is 4.79 Å². The fourth-order valence-electron chi connectivity index (χ4n) is 1.37. The van der Waals surface area contributed by atoms with Gasteiger partial charge >= 0.3 is 0 Å². The van der Waals surface area contributed by atoms with Crippen LogP contribution in [0.25, 0.3) is 0 Å². The SMILES string of the molecule is CC(=O)c1ccc(C(C)C(F)(F)CF)cc1. The van der Waals surface area contributed by atoms with Gasteiger partial charge in [0.1, 0.15) is 0 Å². The van der Waals surface area contributed by atoms with Crippen LogP contribution in [0.3, 0.4) is 0 Å². The Bertz CT molecular complexity index is 370. The quantitative estimate of drug-likeness (QED) is 0.722. The lowest BCUT2D eigenvalue weighted by Gasteiger charge is -2.20. The van der Waals surface area contributed by atoms with Gasteiger partial charge in [-0.05, 0) is 12.5 Å². The summed E-state index contributed by atoms with van der Waals surface area (Å²) in [6.07, 6.45) is 0. The van der Waals surface area contributed by atoms with Crippen molar-refractivity contribution in [1.29, 1.82) is 0 Å². The molecule has 1 nitrogen and oxygen atoms in total. The zero-order valence-electron chi connectivity index (χ0n) is 9.14. The van der Waals surface area contributed by atoms with Gasteiger partial charge in [-0.2, -0.15) is 0 Å². The maximum absolute atomic E-state index is 13.0. The van der Waals surface area contributed by atoms with Crippen LogP contribution in [0, 0.1) is 0 Å². The molecule has 1 atom stereocenters. The van der Waals surface area contributed by atoms with Crippen molar-refractivity contribution in [2.24, 2.45) is 0 Å². The van der Waals surface area contributed by atoms with Gasteiger partial charge in [0.05, 0.1) is 0 Å². The smallest absolute Gasteiger partial charge is 0.282 e. The summed E-state index contributed by atoms with van der Waals surface area (Å²) >= 11 is 0. The molecule has 1 aromatic rings. The van der Waals surface area contributed by atoms with E-state index in [0.717, 1.165) is 0 Å². The Morgan fingerprint density at radius 2 is 1.81 bits per heavy atom. The van der Waals surface area contributed by atoms with E-state index in [-0.39, 0.29) is 5.78 Å². The average Bonchev–Trinajstić information content (AvgIpc) is 2.28. The molecule has 0 aromatic heterocycles. The summed E-state index contributed by atoms with van der Waals surface area (Å²) < 4.78 is 38.2. The van der Waals surface area contributed by atoms with Gasteiger partial charge in [0.2, 0.25) is 0 Å². The lowest BCUT2D eigenvalue weighted by Crippen LogP contribution is -2.26. The molecule has 0 saturated carbocycles. The van der Waals surface area contributed by atoms with E-state index in [9.17, 15) is 18.0 Å². The van der Waals surface area contributed by atoms with Crippen molar-refractivity contribution >= 4 is 5.78 Å². The fraction of sp³-hybridized carbons (Fsp3) is 0.417. The van der Waals surface area contributed by atoms with Gasteiger partial charge in [0.15, 0.2) is 12.5 Å². The highest BCUT2D eigenvalue weighted by atomic mass is 19.3. The third-order valence-corrected chi connectivity index (χ3v) is 2.63. The first-order chi connectivity index (χ1) is 7.38. The molecule has 0 bridgehead atoms. The molecule has 0 N–H and O–H groups in total. The highest BCUT2D eigenvalue weighted by Crippen LogP contribution is 2.33.